The topological polar surface area (TPSA) is 44.7 Å². The highest BCUT2D eigenvalue weighted by Gasteiger charge is 2.22. The average Bonchev–Trinajstić information content (AvgIpc) is 3.27. The van der Waals surface area contributed by atoms with E-state index in [-0.39, 0.29) is 0 Å². The summed E-state index contributed by atoms with van der Waals surface area (Å²) in [4.78, 5) is 0. The first-order valence-corrected chi connectivity index (χ1v) is 13.7. The number of unbranched alkanes of at least 4 members (excludes halogenated alkanes) is 12. The minimum atomic E-state index is 0.344. The predicted molar refractivity (Wildman–Crippen MR) is 136 cm³/mol. The molecule has 0 saturated carbocycles. The van der Waals surface area contributed by atoms with E-state index in [9.17, 15) is 0 Å². The smallest absolute Gasteiger partial charge is 0.119 e. The maximum Gasteiger partial charge on any atom is 0.119 e. The van der Waals surface area contributed by atoms with Crippen LogP contribution in [0.4, 0.5) is 5.69 Å². The van der Waals surface area contributed by atoms with Crippen molar-refractivity contribution >= 4 is 17.6 Å². The fourth-order valence-corrected chi connectivity index (χ4v) is 5.12. The van der Waals surface area contributed by atoms with E-state index in [0.717, 1.165) is 31.9 Å². The van der Waals surface area contributed by atoms with Gasteiger partial charge in [0, 0.05) is 12.3 Å². The summed E-state index contributed by atoms with van der Waals surface area (Å²) in [5, 5.41) is 13.0. The lowest BCUT2D eigenvalue weighted by Crippen LogP contribution is -2.21. The highest BCUT2D eigenvalue weighted by atomic mass is 32.2. The minimum Gasteiger partial charge on any atom is -0.494 e. The molecule has 1 aliphatic heterocycles. The van der Waals surface area contributed by atoms with Gasteiger partial charge in [0.25, 0.3) is 0 Å². The van der Waals surface area contributed by atoms with Crippen molar-refractivity contribution in [3.05, 3.63) is 24.3 Å². The van der Waals surface area contributed by atoms with Gasteiger partial charge in [-0.2, -0.15) is 0 Å². The van der Waals surface area contributed by atoms with Crippen molar-refractivity contribution in [2.75, 3.05) is 24.2 Å². The highest BCUT2D eigenvalue weighted by molar-refractivity contribution is 8.01. The number of hydrogen-bond acceptors (Lipinski definition) is 5. The van der Waals surface area contributed by atoms with Crippen LogP contribution in [0.1, 0.15) is 103 Å². The number of aliphatic hydroxyl groups is 1. The van der Waals surface area contributed by atoms with Crippen molar-refractivity contribution < 1.29 is 9.84 Å². The zero-order valence-corrected chi connectivity index (χ0v) is 20.6. The fourth-order valence-electron chi connectivity index (χ4n) is 4.00. The Labute approximate surface area is 195 Å². The maximum atomic E-state index is 8.77. The maximum absolute atomic E-state index is 8.77. The largest absolute Gasteiger partial charge is 0.494 e. The molecule has 1 aromatic carbocycles. The molecule has 1 aliphatic rings. The summed E-state index contributed by atoms with van der Waals surface area (Å²) in [6.07, 6.45) is 19.1. The molecule has 0 bridgehead atoms. The Balaban J connectivity index is 1.49. The van der Waals surface area contributed by atoms with Crippen LogP contribution in [0.2, 0.25) is 0 Å². The normalized spacial score (nSPS) is 16.2. The van der Waals surface area contributed by atoms with E-state index in [1.165, 1.54) is 89.2 Å². The van der Waals surface area contributed by atoms with E-state index in [1.807, 2.05) is 11.9 Å². The number of rotatable bonds is 19. The zero-order valence-electron chi connectivity index (χ0n) is 19.8. The van der Waals surface area contributed by atoms with E-state index in [4.69, 9.17) is 9.84 Å². The molecule has 0 amide bonds. The van der Waals surface area contributed by atoms with Crippen LogP contribution in [0, 0.1) is 0 Å². The van der Waals surface area contributed by atoms with E-state index < -0.39 is 0 Å². The molecule has 1 saturated heterocycles. The van der Waals surface area contributed by atoms with Gasteiger partial charge in [0.15, 0.2) is 0 Å². The SMILES string of the molecule is CCCCCCCC1NCN(c2ccc(OCCCCCCCCCCCO)cc2)S1. The summed E-state index contributed by atoms with van der Waals surface area (Å²) >= 11 is 1.94. The number of ether oxygens (including phenoxy) is 1. The molecule has 1 heterocycles. The summed E-state index contributed by atoms with van der Waals surface area (Å²) in [6.45, 7) is 4.36. The third-order valence-corrected chi connectivity index (χ3v) is 7.23. The quantitative estimate of drug-likeness (QED) is 0.171. The van der Waals surface area contributed by atoms with Crippen LogP contribution in [0.25, 0.3) is 0 Å². The Hall–Kier alpha value is -0.910. The number of aliphatic hydroxyl groups excluding tert-OH is 1. The molecule has 178 valence electrons. The van der Waals surface area contributed by atoms with Gasteiger partial charge in [-0.05, 0) is 55.5 Å². The summed E-state index contributed by atoms with van der Waals surface area (Å²) in [5.74, 6) is 0.984. The molecule has 4 nitrogen and oxygen atoms in total. The van der Waals surface area contributed by atoms with Gasteiger partial charge in [-0.1, -0.05) is 84.0 Å². The second-order valence-corrected chi connectivity index (χ2v) is 10.0. The van der Waals surface area contributed by atoms with Crippen LogP contribution in [-0.2, 0) is 0 Å². The summed E-state index contributed by atoms with van der Waals surface area (Å²) in [6, 6.07) is 8.59. The van der Waals surface area contributed by atoms with Crippen molar-refractivity contribution in [1.82, 2.24) is 5.32 Å². The first-order chi connectivity index (χ1) is 15.3. The predicted octanol–water partition coefficient (Wildman–Crippen LogP) is 7.27. The Morgan fingerprint density at radius 2 is 1.48 bits per heavy atom. The Kier molecular flexibility index (Phi) is 15.0. The Morgan fingerprint density at radius 1 is 0.871 bits per heavy atom. The van der Waals surface area contributed by atoms with Crippen molar-refractivity contribution in [3.63, 3.8) is 0 Å². The first-order valence-electron chi connectivity index (χ1n) is 12.8. The molecule has 31 heavy (non-hydrogen) atoms. The van der Waals surface area contributed by atoms with Gasteiger partial charge in [-0.15, -0.1) is 0 Å². The van der Waals surface area contributed by atoms with Crippen LogP contribution >= 0.6 is 11.9 Å². The van der Waals surface area contributed by atoms with Crippen LogP contribution in [-0.4, -0.2) is 30.4 Å². The van der Waals surface area contributed by atoms with Gasteiger partial charge in [-0.25, -0.2) is 0 Å². The molecule has 2 N–H and O–H groups in total. The Morgan fingerprint density at radius 3 is 2.16 bits per heavy atom. The lowest BCUT2D eigenvalue weighted by molar-refractivity contribution is 0.282. The van der Waals surface area contributed by atoms with Crippen molar-refractivity contribution in [2.45, 2.75) is 109 Å². The number of anilines is 1. The fraction of sp³-hybridized carbons (Fsp3) is 0.769. The molecule has 1 fully saturated rings. The number of hydrogen-bond donors (Lipinski definition) is 2. The molecule has 1 atom stereocenters. The number of benzene rings is 1. The van der Waals surface area contributed by atoms with Crippen molar-refractivity contribution in [3.8, 4) is 5.75 Å². The third kappa shape index (κ3) is 12.1. The zero-order chi connectivity index (χ0) is 22.0. The molecule has 1 unspecified atom stereocenters. The summed E-state index contributed by atoms with van der Waals surface area (Å²) in [7, 11) is 0. The molecular formula is C26H46N2O2S. The van der Waals surface area contributed by atoms with Crippen molar-refractivity contribution in [2.24, 2.45) is 0 Å². The number of nitrogens with zero attached hydrogens (tertiary/aromatic N) is 1. The van der Waals surface area contributed by atoms with Gasteiger partial charge in [0.05, 0.1) is 18.6 Å². The second-order valence-electron chi connectivity index (χ2n) is 8.79. The van der Waals surface area contributed by atoms with Crippen molar-refractivity contribution in [1.29, 1.82) is 0 Å². The van der Waals surface area contributed by atoms with E-state index >= 15 is 0 Å². The molecule has 0 spiro atoms. The lowest BCUT2D eigenvalue weighted by atomic mass is 10.1. The number of nitrogens with one attached hydrogen (secondary N) is 1. The van der Waals surface area contributed by atoms with Crippen LogP contribution in [0.15, 0.2) is 24.3 Å². The van der Waals surface area contributed by atoms with Crippen LogP contribution in [0.3, 0.4) is 0 Å². The standard InChI is InChI=1S/C26H46N2O2S/c1-2-3-4-10-13-16-26-27-23-28(31-26)24-17-19-25(20-18-24)30-22-15-12-9-7-5-6-8-11-14-21-29/h17-20,26-27,29H,2-16,21-23H2,1H3. The Bertz CT molecular complexity index is 541. The average molecular weight is 451 g/mol. The molecular weight excluding hydrogens is 404 g/mol. The summed E-state index contributed by atoms with van der Waals surface area (Å²) < 4.78 is 8.30. The third-order valence-electron chi connectivity index (χ3n) is 5.98. The van der Waals surface area contributed by atoms with E-state index in [2.05, 4.69) is 40.8 Å². The van der Waals surface area contributed by atoms with E-state index in [1.54, 1.807) is 0 Å². The lowest BCUT2D eigenvalue weighted by Gasteiger charge is -2.16. The molecule has 0 aliphatic carbocycles. The first kappa shape index (κ1) is 26.3. The molecule has 5 heteroatoms. The molecule has 0 aromatic heterocycles. The minimum absolute atomic E-state index is 0.344. The highest BCUT2D eigenvalue weighted by Crippen LogP contribution is 2.32. The monoisotopic (exact) mass is 450 g/mol. The molecule has 2 rings (SSSR count). The van der Waals surface area contributed by atoms with Gasteiger partial charge < -0.3 is 14.1 Å². The van der Waals surface area contributed by atoms with Gasteiger partial charge >= 0.3 is 0 Å². The summed E-state index contributed by atoms with van der Waals surface area (Å²) in [5.41, 5.74) is 1.26. The molecule has 1 aromatic rings. The molecule has 0 radical (unpaired) electrons. The van der Waals surface area contributed by atoms with Crippen LogP contribution in [0.5, 0.6) is 5.75 Å². The van der Waals surface area contributed by atoms with E-state index in [0.29, 0.717) is 12.0 Å². The van der Waals surface area contributed by atoms with Gasteiger partial charge in [-0.3, -0.25) is 5.32 Å². The van der Waals surface area contributed by atoms with Crippen LogP contribution < -0.4 is 14.4 Å². The van der Waals surface area contributed by atoms with Gasteiger partial charge in [0.2, 0.25) is 0 Å². The second kappa shape index (κ2) is 17.6. The van der Waals surface area contributed by atoms with Gasteiger partial charge in [0.1, 0.15) is 5.75 Å².